The minimum absolute atomic E-state index is 0.329. The largest absolute Gasteiger partial charge is 0.378 e. The second kappa shape index (κ2) is 8.17. The predicted octanol–water partition coefficient (Wildman–Crippen LogP) is 2.84. The summed E-state index contributed by atoms with van der Waals surface area (Å²) in [4.78, 5) is 8.59. The summed E-state index contributed by atoms with van der Waals surface area (Å²) in [6, 6.07) is 2.58. The highest BCUT2D eigenvalue weighted by Gasteiger charge is 2.56. The maximum absolute atomic E-state index is 6.01. The van der Waals surface area contributed by atoms with Gasteiger partial charge in [-0.25, -0.2) is 0 Å². The molecule has 25 heavy (non-hydrogen) atoms. The summed E-state index contributed by atoms with van der Waals surface area (Å²) in [5.74, 6) is 0.915. The molecule has 1 aromatic rings. The van der Waals surface area contributed by atoms with Gasteiger partial charge in [0, 0.05) is 44.0 Å². The van der Waals surface area contributed by atoms with Crippen LogP contribution in [0.3, 0.4) is 0 Å². The van der Waals surface area contributed by atoms with Crippen LogP contribution in [0.1, 0.15) is 50.2 Å². The van der Waals surface area contributed by atoms with Crippen molar-refractivity contribution in [3.05, 3.63) is 29.6 Å². The molecule has 2 atom stereocenters. The minimum atomic E-state index is 0.329. The third-order valence-electron chi connectivity index (χ3n) is 6.05. The molecule has 2 unspecified atom stereocenters. The standard InChI is InChI=1S/C20H32N4O/c1-4-25-18-13-17(20(18)9-5-6-10-20)24-19(21-3)23-12-8-16-7-11-22-14-15(16)2/h7,11,14,17-18H,4-6,8-10,12-13H2,1-3H3,(H2,21,23,24). The summed E-state index contributed by atoms with van der Waals surface area (Å²) in [6.45, 7) is 5.91. The lowest BCUT2D eigenvalue weighted by Gasteiger charge is -2.54. The van der Waals surface area contributed by atoms with Gasteiger partial charge in [-0.2, -0.15) is 0 Å². The Morgan fingerprint density at radius 2 is 2.20 bits per heavy atom. The maximum atomic E-state index is 6.01. The van der Waals surface area contributed by atoms with E-state index in [-0.39, 0.29) is 0 Å². The van der Waals surface area contributed by atoms with Crippen molar-refractivity contribution in [2.75, 3.05) is 20.2 Å². The summed E-state index contributed by atoms with van der Waals surface area (Å²) in [7, 11) is 1.85. The SMILES string of the molecule is CCOC1CC(NC(=NC)NCCc2ccncc2C)C12CCCC2. The lowest BCUT2D eigenvalue weighted by Crippen LogP contribution is -2.65. The second-order valence-electron chi connectivity index (χ2n) is 7.37. The number of hydrogen-bond acceptors (Lipinski definition) is 3. The van der Waals surface area contributed by atoms with Crippen LogP contribution in [-0.2, 0) is 11.2 Å². The Kier molecular flexibility index (Phi) is 5.94. The van der Waals surface area contributed by atoms with E-state index in [2.05, 4.69) is 40.5 Å². The average molecular weight is 345 g/mol. The van der Waals surface area contributed by atoms with Gasteiger partial charge in [-0.1, -0.05) is 12.8 Å². The third-order valence-corrected chi connectivity index (χ3v) is 6.05. The van der Waals surface area contributed by atoms with E-state index in [9.17, 15) is 0 Å². The van der Waals surface area contributed by atoms with Crippen LogP contribution in [0.25, 0.3) is 0 Å². The van der Waals surface area contributed by atoms with Crippen LogP contribution in [0, 0.1) is 12.3 Å². The fourth-order valence-corrected chi connectivity index (χ4v) is 4.55. The van der Waals surface area contributed by atoms with Gasteiger partial charge in [-0.3, -0.25) is 9.98 Å². The molecule has 1 spiro atoms. The highest BCUT2D eigenvalue weighted by Crippen LogP contribution is 2.54. The number of hydrogen-bond donors (Lipinski definition) is 2. The minimum Gasteiger partial charge on any atom is -0.378 e. The molecule has 2 fully saturated rings. The Labute approximate surface area is 151 Å². The number of pyridine rings is 1. The van der Waals surface area contributed by atoms with Crippen molar-refractivity contribution in [3.63, 3.8) is 0 Å². The molecule has 5 heteroatoms. The number of rotatable bonds is 6. The van der Waals surface area contributed by atoms with E-state index in [1.54, 1.807) is 0 Å². The second-order valence-corrected chi connectivity index (χ2v) is 7.37. The van der Waals surface area contributed by atoms with Crippen molar-refractivity contribution in [3.8, 4) is 0 Å². The molecular weight excluding hydrogens is 312 g/mol. The maximum Gasteiger partial charge on any atom is 0.191 e. The van der Waals surface area contributed by atoms with Crippen LogP contribution in [0.15, 0.2) is 23.5 Å². The molecular formula is C20H32N4O. The van der Waals surface area contributed by atoms with Gasteiger partial charge in [0.15, 0.2) is 5.96 Å². The van der Waals surface area contributed by atoms with Gasteiger partial charge in [0.2, 0.25) is 0 Å². The molecule has 2 aliphatic carbocycles. The van der Waals surface area contributed by atoms with Crippen molar-refractivity contribution in [2.24, 2.45) is 10.4 Å². The van der Waals surface area contributed by atoms with Gasteiger partial charge in [0.25, 0.3) is 0 Å². The van der Waals surface area contributed by atoms with Crippen LogP contribution in [0.2, 0.25) is 0 Å². The summed E-state index contributed by atoms with van der Waals surface area (Å²) in [5, 5.41) is 7.15. The molecule has 1 aromatic heterocycles. The molecule has 0 radical (unpaired) electrons. The molecule has 0 aromatic carbocycles. The molecule has 1 heterocycles. The van der Waals surface area contributed by atoms with E-state index in [1.165, 1.54) is 36.8 Å². The highest BCUT2D eigenvalue weighted by atomic mass is 16.5. The topological polar surface area (TPSA) is 58.5 Å². The Morgan fingerprint density at radius 3 is 2.88 bits per heavy atom. The monoisotopic (exact) mass is 344 g/mol. The van der Waals surface area contributed by atoms with Crippen molar-refractivity contribution in [2.45, 2.75) is 64.5 Å². The molecule has 138 valence electrons. The lowest BCUT2D eigenvalue weighted by molar-refractivity contribution is -0.125. The highest BCUT2D eigenvalue weighted by molar-refractivity contribution is 5.80. The lowest BCUT2D eigenvalue weighted by atomic mass is 9.60. The number of guanidine groups is 1. The Morgan fingerprint density at radius 1 is 1.40 bits per heavy atom. The Balaban J connectivity index is 1.52. The zero-order valence-corrected chi connectivity index (χ0v) is 15.8. The number of aliphatic imine (C=N–C) groups is 1. The molecule has 0 saturated heterocycles. The molecule has 0 bridgehead atoms. The summed E-state index contributed by atoms with van der Waals surface area (Å²) >= 11 is 0. The van der Waals surface area contributed by atoms with Gasteiger partial charge in [-0.15, -0.1) is 0 Å². The zero-order valence-electron chi connectivity index (χ0n) is 15.8. The smallest absolute Gasteiger partial charge is 0.191 e. The summed E-state index contributed by atoms with van der Waals surface area (Å²) in [5.41, 5.74) is 2.91. The van der Waals surface area contributed by atoms with Gasteiger partial charge in [0.05, 0.1) is 6.10 Å². The molecule has 3 rings (SSSR count). The fraction of sp³-hybridized carbons (Fsp3) is 0.700. The molecule has 2 saturated carbocycles. The van der Waals surface area contributed by atoms with Crippen molar-refractivity contribution < 1.29 is 4.74 Å². The van der Waals surface area contributed by atoms with Crippen molar-refractivity contribution >= 4 is 5.96 Å². The molecule has 2 aliphatic rings. The van der Waals surface area contributed by atoms with Crippen LogP contribution >= 0.6 is 0 Å². The third kappa shape index (κ3) is 3.81. The zero-order chi connectivity index (χ0) is 17.7. The normalized spacial score (nSPS) is 25.0. The number of nitrogens with zero attached hydrogens (tertiary/aromatic N) is 2. The van der Waals surface area contributed by atoms with Crippen LogP contribution in [-0.4, -0.2) is 43.3 Å². The van der Waals surface area contributed by atoms with Crippen LogP contribution < -0.4 is 10.6 Å². The van der Waals surface area contributed by atoms with Crippen LogP contribution in [0.5, 0.6) is 0 Å². The van der Waals surface area contributed by atoms with Gasteiger partial charge in [-0.05, 0) is 56.7 Å². The van der Waals surface area contributed by atoms with E-state index < -0.39 is 0 Å². The summed E-state index contributed by atoms with van der Waals surface area (Å²) < 4.78 is 6.01. The van der Waals surface area contributed by atoms with Crippen molar-refractivity contribution in [1.82, 2.24) is 15.6 Å². The van der Waals surface area contributed by atoms with E-state index >= 15 is 0 Å². The van der Waals surface area contributed by atoms with Crippen LogP contribution in [0.4, 0.5) is 0 Å². The molecule has 0 aliphatic heterocycles. The average Bonchev–Trinajstić information content (AvgIpc) is 3.14. The first-order chi connectivity index (χ1) is 12.2. The fourth-order valence-electron chi connectivity index (χ4n) is 4.55. The number of aromatic nitrogens is 1. The molecule has 5 nitrogen and oxygen atoms in total. The Hall–Kier alpha value is -1.62. The molecule has 2 N–H and O–H groups in total. The van der Waals surface area contributed by atoms with Gasteiger partial charge >= 0.3 is 0 Å². The quantitative estimate of drug-likeness (QED) is 0.615. The van der Waals surface area contributed by atoms with Gasteiger partial charge < -0.3 is 15.4 Å². The number of aryl methyl sites for hydroxylation is 1. The van der Waals surface area contributed by atoms with Gasteiger partial charge in [0.1, 0.15) is 0 Å². The first-order valence-corrected chi connectivity index (χ1v) is 9.68. The first-order valence-electron chi connectivity index (χ1n) is 9.68. The summed E-state index contributed by atoms with van der Waals surface area (Å²) in [6.07, 6.45) is 11.5. The first kappa shape index (κ1) is 18.2. The van der Waals surface area contributed by atoms with E-state index in [0.29, 0.717) is 17.6 Å². The Bertz CT molecular complexity index is 595. The number of nitrogens with one attached hydrogen (secondary N) is 2. The van der Waals surface area contributed by atoms with Crippen molar-refractivity contribution in [1.29, 1.82) is 0 Å². The predicted molar refractivity (Wildman–Crippen MR) is 102 cm³/mol. The van der Waals surface area contributed by atoms with E-state index in [0.717, 1.165) is 32.0 Å². The van der Waals surface area contributed by atoms with E-state index in [4.69, 9.17) is 4.74 Å². The van der Waals surface area contributed by atoms with E-state index in [1.807, 2.05) is 19.4 Å². The number of ether oxygens (including phenoxy) is 1. The molecule has 0 amide bonds.